The first-order valence-corrected chi connectivity index (χ1v) is 9.78. The molecule has 146 valence electrons. The number of para-hydroxylation sites is 2. The topological polar surface area (TPSA) is 72.3 Å². The Kier molecular flexibility index (Phi) is 4.44. The van der Waals surface area contributed by atoms with E-state index in [9.17, 15) is 0 Å². The van der Waals surface area contributed by atoms with Gasteiger partial charge in [-0.25, -0.2) is 4.98 Å². The molecule has 2 aromatic heterocycles. The van der Waals surface area contributed by atoms with Gasteiger partial charge >= 0.3 is 0 Å². The van der Waals surface area contributed by atoms with Crippen molar-refractivity contribution in [2.45, 2.75) is 13.3 Å². The van der Waals surface area contributed by atoms with Gasteiger partial charge in [0, 0.05) is 17.7 Å². The molecule has 5 aromatic rings. The Bertz CT molecular complexity index is 1330. The zero-order chi connectivity index (χ0) is 20.5. The normalized spacial score (nSPS) is 11.1. The highest BCUT2D eigenvalue weighted by molar-refractivity contribution is 5.83. The van der Waals surface area contributed by atoms with E-state index in [1.807, 2.05) is 30.3 Å². The second-order valence-electron chi connectivity index (χ2n) is 7.12. The monoisotopic (exact) mass is 392 g/mol. The summed E-state index contributed by atoms with van der Waals surface area (Å²) in [6, 6.07) is 22.9. The van der Waals surface area contributed by atoms with E-state index < -0.39 is 0 Å². The number of aryl methyl sites for hydroxylation is 1. The molecule has 0 spiro atoms. The van der Waals surface area contributed by atoms with Crippen molar-refractivity contribution in [1.82, 2.24) is 30.2 Å². The second-order valence-corrected chi connectivity index (χ2v) is 7.12. The first-order chi connectivity index (χ1) is 14.8. The number of hydrogen-bond donors (Lipinski definition) is 1. The first kappa shape index (κ1) is 18.0. The Morgan fingerprint density at radius 1 is 1.00 bits per heavy atom. The summed E-state index contributed by atoms with van der Waals surface area (Å²) in [7, 11) is 0. The molecule has 6 heteroatoms. The molecule has 0 bridgehead atoms. The number of tetrazole rings is 1. The number of H-pyrrole nitrogens is 1. The van der Waals surface area contributed by atoms with Gasteiger partial charge in [0.15, 0.2) is 0 Å². The number of nitrogens with zero attached hydrogens (tertiary/aromatic N) is 5. The fraction of sp³-hybridized carbons (Fsp3) is 0.0833. The Morgan fingerprint density at radius 2 is 1.83 bits per heavy atom. The van der Waals surface area contributed by atoms with Crippen LogP contribution in [0.1, 0.15) is 11.4 Å². The van der Waals surface area contributed by atoms with Crippen molar-refractivity contribution < 1.29 is 0 Å². The number of imidazole rings is 1. The van der Waals surface area contributed by atoms with Crippen molar-refractivity contribution in [3.63, 3.8) is 0 Å². The molecule has 0 aliphatic carbocycles. The van der Waals surface area contributed by atoms with E-state index in [-0.39, 0.29) is 0 Å². The van der Waals surface area contributed by atoms with Crippen LogP contribution in [0.25, 0.3) is 39.2 Å². The van der Waals surface area contributed by atoms with Gasteiger partial charge in [-0.2, -0.15) is 5.21 Å². The van der Waals surface area contributed by atoms with Gasteiger partial charge in [0.2, 0.25) is 5.82 Å². The molecule has 0 amide bonds. The van der Waals surface area contributed by atoms with Gasteiger partial charge < -0.3 is 0 Å². The molecule has 30 heavy (non-hydrogen) atoms. The number of aromatic amines is 1. The molecule has 0 fully saturated rings. The molecular weight excluding hydrogens is 372 g/mol. The van der Waals surface area contributed by atoms with Crippen molar-refractivity contribution >= 4 is 11.0 Å². The van der Waals surface area contributed by atoms with Gasteiger partial charge in [0.05, 0.1) is 11.0 Å². The first-order valence-electron chi connectivity index (χ1n) is 9.78. The van der Waals surface area contributed by atoms with E-state index in [0.29, 0.717) is 12.2 Å². The lowest BCUT2D eigenvalue weighted by molar-refractivity contribution is 0.881. The standard InChI is InChI=1S/C24H20N6/c1-3-7-22-25-20-10-4-5-11-21(20)30(22)18-14-12-17(13-15-18)19-9-6-8-16(2)23(19)24-26-28-29-27-24/h3-6,8-15H,1,7H2,2H3,(H,26,27,28,29). The third-order valence-corrected chi connectivity index (χ3v) is 5.24. The SMILES string of the molecule is C=CCc1nc2ccccc2n1-c1ccc(-c2cccc(C)c2-c2nn[nH]n2)cc1. The fourth-order valence-corrected chi connectivity index (χ4v) is 3.89. The molecule has 3 aromatic carbocycles. The quantitative estimate of drug-likeness (QED) is 0.431. The Labute approximate surface area is 173 Å². The molecular formula is C24H20N6. The van der Waals surface area contributed by atoms with Crippen LogP contribution in [0.15, 0.2) is 79.4 Å². The molecule has 1 N–H and O–H groups in total. The van der Waals surface area contributed by atoms with Crippen LogP contribution in [0.4, 0.5) is 0 Å². The van der Waals surface area contributed by atoms with Crippen LogP contribution in [-0.2, 0) is 6.42 Å². The summed E-state index contributed by atoms with van der Waals surface area (Å²) in [6.07, 6.45) is 2.59. The number of nitrogens with one attached hydrogen (secondary N) is 1. The minimum atomic E-state index is 0.598. The average Bonchev–Trinajstić information content (AvgIpc) is 3.42. The molecule has 0 saturated heterocycles. The smallest absolute Gasteiger partial charge is 0.205 e. The van der Waals surface area contributed by atoms with Crippen LogP contribution >= 0.6 is 0 Å². The van der Waals surface area contributed by atoms with Crippen molar-refractivity contribution in [2.24, 2.45) is 0 Å². The summed E-state index contributed by atoms with van der Waals surface area (Å²) < 4.78 is 2.19. The van der Waals surface area contributed by atoms with Gasteiger partial charge in [-0.15, -0.1) is 16.8 Å². The maximum Gasteiger partial charge on any atom is 0.205 e. The molecule has 5 rings (SSSR count). The number of hydrogen-bond acceptors (Lipinski definition) is 4. The summed E-state index contributed by atoms with van der Waals surface area (Å²) in [4.78, 5) is 4.78. The molecule has 0 unspecified atom stereocenters. The third kappa shape index (κ3) is 2.99. The van der Waals surface area contributed by atoms with Gasteiger partial charge in [-0.05, 0) is 53.1 Å². The summed E-state index contributed by atoms with van der Waals surface area (Å²) in [5.74, 6) is 1.57. The van der Waals surface area contributed by atoms with Crippen molar-refractivity contribution in [3.8, 4) is 28.2 Å². The Hall–Kier alpha value is -4.06. The summed E-state index contributed by atoms with van der Waals surface area (Å²) in [5, 5.41) is 14.6. The summed E-state index contributed by atoms with van der Waals surface area (Å²) in [5.41, 5.74) is 7.40. The van der Waals surface area contributed by atoms with Crippen LogP contribution in [0.5, 0.6) is 0 Å². The molecule has 0 radical (unpaired) electrons. The van der Waals surface area contributed by atoms with E-state index in [4.69, 9.17) is 4.98 Å². The van der Waals surface area contributed by atoms with Gasteiger partial charge in [0.25, 0.3) is 0 Å². The number of allylic oxidation sites excluding steroid dienone is 1. The van der Waals surface area contributed by atoms with Gasteiger partial charge in [0.1, 0.15) is 5.82 Å². The van der Waals surface area contributed by atoms with Crippen LogP contribution < -0.4 is 0 Å². The zero-order valence-corrected chi connectivity index (χ0v) is 16.6. The molecule has 6 nitrogen and oxygen atoms in total. The van der Waals surface area contributed by atoms with E-state index >= 15 is 0 Å². The van der Waals surface area contributed by atoms with Crippen LogP contribution in [0.2, 0.25) is 0 Å². The highest BCUT2D eigenvalue weighted by Gasteiger charge is 2.15. The molecule has 0 aliphatic rings. The fourth-order valence-electron chi connectivity index (χ4n) is 3.89. The number of aromatic nitrogens is 6. The third-order valence-electron chi connectivity index (χ3n) is 5.24. The van der Waals surface area contributed by atoms with E-state index in [0.717, 1.165) is 44.8 Å². The van der Waals surface area contributed by atoms with Crippen molar-refractivity contribution in [3.05, 3.63) is 90.8 Å². The summed E-state index contributed by atoms with van der Waals surface area (Å²) in [6.45, 7) is 5.94. The largest absolute Gasteiger partial charge is 0.296 e. The van der Waals surface area contributed by atoms with Gasteiger partial charge in [-0.1, -0.05) is 48.5 Å². The lowest BCUT2D eigenvalue weighted by atomic mass is 9.95. The highest BCUT2D eigenvalue weighted by Crippen LogP contribution is 2.33. The Balaban J connectivity index is 1.62. The number of rotatable bonds is 5. The van der Waals surface area contributed by atoms with E-state index in [1.165, 1.54) is 0 Å². The Morgan fingerprint density at radius 3 is 2.60 bits per heavy atom. The highest BCUT2D eigenvalue weighted by atomic mass is 15.5. The second kappa shape index (κ2) is 7.40. The minimum absolute atomic E-state index is 0.598. The predicted molar refractivity (Wildman–Crippen MR) is 118 cm³/mol. The molecule has 2 heterocycles. The van der Waals surface area contributed by atoms with Crippen LogP contribution in [0.3, 0.4) is 0 Å². The van der Waals surface area contributed by atoms with Crippen LogP contribution in [0, 0.1) is 6.92 Å². The summed E-state index contributed by atoms with van der Waals surface area (Å²) >= 11 is 0. The molecule has 0 saturated carbocycles. The lowest BCUT2D eigenvalue weighted by Gasteiger charge is -2.12. The van der Waals surface area contributed by atoms with Gasteiger partial charge in [-0.3, -0.25) is 4.57 Å². The predicted octanol–water partition coefficient (Wildman–Crippen LogP) is 4.91. The number of fused-ring (bicyclic) bond motifs is 1. The van der Waals surface area contributed by atoms with Crippen molar-refractivity contribution in [1.29, 1.82) is 0 Å². The minimum Gasteiger partial charge on any atom is -0.296 e. The number of benzene rings is 3. The molecule has 0 atom stereocenters. The average molecular weight is 392 g/mol. The van der Waals surface area contributed by atoms with E-state index in [1.54, 1.807) is 0 Å². The van der Waals surface area contributed by atoms with E-state index in [2.05, 4.69) is 81.2 Å². The molecule has 0 aliphatic heterocycles. The van der Waals surface area contributed by atoms with Crippen molar-refractivity contribution in [2.75, 3.05) is 0 Å². The maximum atomic E-state index is 4.78. The maximum absolute atomic E-state index is 4.78. The van der Waals surface area contributed by atoms with Crippen LogP contribution in [-0.4, -0.2) is 30.2 Å². The zero-order valence-electron chi connectivity index (χ0n) is 16.6. The lowest BCUT2D eigenvalue weighted by Crippen LogP contribution is -2.00.